The Morgan fingerprint density at radius 1 is 1.35 bits per heavy atom. The van der Waals surface area contributed by atoms with Crippen molar-refractivity contribution < 1.29 is 4.79 Å². The molecule has 0 bridgehead atoms. The number of piperazine rings is 1. The Morgan fingerprint density at radius 2 is 2.13 bits per heavy atom. The highest BCUT2D eigenvalue weighted by molar-refractivity contribution is 7.09. The Balaban J connectivity index is 1.55. The van der Waals surface area contributed by atoms with Crippen molar-refractivity contribution in [3.8, 4) is 0 Å². The van der Waals surface area contributed by atoms with Crippen LogP contribution in [0.15, 0.2) is 23.7 Å². The number of hydrogen-bond donors (Lipinski definition) is 1. The number of carbonyl (C=O) groups excluding carboxylic acids is 1. The third-order valence-electron chi connectivity index (χ3n) is 4.07. The number of carbonyl (C=O) groups is 1. The van der Waals surface area contributed by atoms with Gasteiger partial charge in [-0.25, -0.2) is 9.97 Å². The fraction of sp³-hybridized carbons (Fsp3) is 0.438. The summed E-state index contributed by atoms with van der Waals surface area (Å²) in [7, 11) is 0. The summed E-state index contributed by atoms with van der Waals surface area (Å²) >= 11 is 1.70. The van der Waals surface area contributed by atoms with E-state index in [1.165, 1.54) is 5.69 Å². The minimum absolute atomic E-state index is 0.422. The Bertz CT molecular complexity index is 679. The highest BCUT2D eigenvalue weighted by atomic mass is 32.1. The van der Waals surface area contributed by atoms with E-state index < -0.39 is 5.91 Å². The fourth-order valence-corrected chi connectivity index (χ4v) is 3.47. The summed E-state index contributed by atoms with van der Waals surface area (Å²) in [6.45, 7) is 6.68. The summed E-state index contributed by atoms with van der Waals surface area (Å²) in [5.74, 6) is 0.282. The largest absolute Gasteiger partial charge is 0.365 e. The molecular weight excluding hydrogens is 310 g/mol. The zero-order chi connectivity index (χ0) is 16.2. The molecule has 2 N–H and O–H groups in total. The minimum Gasteiger partial charge on any atom is -0.365 e. The monoisotopic (exact) mass is 331 g/mol. The predicted molar refractivity (Wildman–Crippen MR) is 92.0 cm³/mol. The summed E-state index contributed by atoms with van der Waals surface area (Å²) in [4.78, 5) is 25.0. The van der Waals surface area contributed by atoms with Gasteiger partial charge in [-0.1, -0.05) is 0 Å². The average Bonchev–Trinajstić information content (AvgIpc) is 2.99. The van der Waals surface area contributed by atoms with Gasteiger partial charge < -0.3 is 10.6 Å². The zero-order valence-corrected chi connectivity index (χ0v) is 14.1. The van der Waals surface area contributed by atoms with Crippen molar-refractivity contribution in [2.45, 2.75) is 13.3 Å². The Morgan fingerprint density at radius 3 is 2.78 bits per heavy atom. The van der Waals surface area contributed by atoms with Crippen molar-refractivity contribution in [2.24, 2.45) is 5.73 Å². The predicted octanol–water partition coefficient (Wildman–Crippen LogP) is 1.31. The molecule has 0 saturated carbocycles. The molecule has 0 atom stereocenters. The Kier molecular flexibility index (Phi) is 4.88. The number of primary amides is 1. The van der Waals surface area contributed by atoms with Crippen LogP contribution in [-0.2, 0) is 6.42 Å². The third-order valence-corrected chi connectivity index (χ3v) is 4.90. The average molecular weight is 331 g/mol. The fourth-order valence-electron chi connectivity index (χ4n) is 2.82. The number of amides is 1. The van der Waals surface area contributed by atoms with Crippen LogP contribution in [0.4, 0.5) is 5.82 Å². The molecule has 3 rings (SSSR count). The van der Waals surface area contributed by atoms with Gasteiger partial charge in [0.05, 0.1) is 16.3 Å². The van der Waals surface area contributed by atoms with Gasteiger partial charge in [0, 0.05) is 50.7 Å². The van der Waals surface area contributed by atoms with E-state index in [0.717, 1.165) is 44.2 Å². The van der Waals surface area contributed by atoms with Crippen molar-refractivity contribution in [1.29, 1.82) is 0 Å². The number of nitrogens with two attached hydrogens (primary N) is 1. The number of anilines is 1. The van der Waals surface area contributed by atoms with Crippen molar-refractivity contribution in [3.63, 3.8) is 0 Å². The van der Waals surface area contributed by atoms with Gasteiger partial charge in [0.2, 0.25) is 0 Å². The zero-order valence-electron chi connectivity index (χ0n) is 13.2. The molecule has 1 amide bonds. The van der Waals surface area contributed by atoms with Crippen molar-refractivity contribution in [2.75, 3.05) is 37.6 Å². The lowest BCUT2D eigenvalue weighted by Crippen LogP contribution is -2.47. The van der Waals surface area contributed by atoms with Gasteiger partial charge in [-0.2, -0.15) is 0 Å². The van der Waals surface area contributed by atoms with Crippen LogP contribution in [0.5, 0.6) is 0 Å². The van der Waals surface area contributed by atoms with E-state index in [1.54, 1.807) is 29.7 Å². The number of hydrogen-bond acceptors (Lipinski definition) is 6. The number of aryl methyl sites for hydroxylation is 1. The topological polar surface area (TPSA) is 75.3 Å². The molecule has 3 heterocycles. The van der Waals surface area contributed by atoms with E-state index in [9.17, 15) is 4.79 Å². The molecule has 2 aromatic heterocycles. The van der Waals surface area contributed by atoms with Gasteiger partial charge in [-0.05, 0) is 19.1 Å². The summed E-state index contributed by atoms with van der Waals surface area (Å²) in [5.41, 5.74) is 7.12. The number of rotatable bonds is 5. The number of aromatic nitrogens is 2. The molecule has 6 nitrogen and oxygen atoms in total. The quantitative estimate of drug-likeness (QED) is 0.894. The van der Waals surface area contributed by atoms with Crippen LogP contribution in [0.1, 0.15) is 21.1 Å². The molecular formula is C16H21N5OS. The van der Waals surface area contributed by atoms with Crippen LogP contribution < -0.4 is 10.6 Å². The molecule has 0 aromatic carbocycles. The summed E-state index contributed by atoms with van der Waals surface area (Å²) < 4.78 is 0. The normalized spacial score (nSPS) is 15.8. The smallest absolute Gasteiger partial charge is 0.252 e. The van der Waals surface area contributed by atoms with Gasteiger partial charge in [-0.3, -0.25) is 9.69 Å². The molecule has 1 saturated heterocycles. The number of nitrogens with zero attached hydrogens (tertiary/aromatic N) is 4. The van der Waals surface area contributed by atoms with Crippen LogP contribution >= 0.6 is 11.3 Å². The maximum Gasteiger partial charge on any atom is 0.252 e. The van der Waals surface area contributed by atoms with E-state index in [1.807, 2.05) is 6.92 Å². The molecule has 1 fully saturated rings. The summed E-state index contributed by atoms with van der Waals surface area (Å²) in [6.07, 6.45) is 2.69. The van der Waals surface area contributed by atoms with E-state index >= 15 is 0 Å². The van der Waals surface area contributed by atoms with Crippen LogP contribution in [0.2, 0.25) is 0 Å². The van der Waals surface area contributed by atoms with E-state index in [2.05, 4.69) is 25.1 Å². The first-order chi connectivity index (χ1) is 11.1. The molecule has 0 aliphatic carbocycles. The first-order valence-corrected chi connectivity index (χ1v) is 8.64. The highest BCUT2D eigenvalue weighted by Gasteiger charge is 2.21. The second-order valence-electron chi connectivity index (χ2n) is 5.68. The third kappa shape index (κ3) is 3.86. The first-order valence-electron chi connectivity index (χ1n) is 7.76. The first kappa shape index (κ1) is 15.9. The van der Waals surface area contributed by atoms with Crippen LogP contribution in [-0.4, -0.2) is 53.5 Å². The van der Waals surface area contributed by atoms with Crippen molar-refractivity contribution in [3.05, 3.63) is 40.0 Å². The standard InChI is InChI=1S/C16H21N5OS/c1-12-19-13(11-23-12)4-6-20-7-9-21(10-8-20)16-14(15(17)22)3-2-5-18-16/h2-3,5,11H,4,6-10H2,1H3,(H2,17,22). The highest BCUT2D eigenvalue weighted by Crippen LogP contribution is 2.18. The molecule has 23 heavy (non-hydrogen) atoms. The van der Waals surface area contributed by atoms with Crippen molar-refractivity contribution in [1.82, 2.24) is 14.9 Å². The molecule has 0 radical (unpaired) electrons. The maximum absolute atomic E-state index is 11.5. The number of pyridine rings is 1. The van der Waals surface area contributed by atoms with Gasteiger partial charge in [0.25, 0.3) is 5.91 Å². The van der Waals surface area contributed by atoms with E-state index in [-0.39, 0.29) is 0 Å². The lowest BCUT2D eigenvalue weighted by molar-refractivity contribution is 0.1000. The lowest BCUT2D eigenvalue weighted by atomic mass is 10.2. The van der Waals surface area contributed by atoms with Gasteiger partial charge in [-0.15, -0.1) is 11.3 Å². The summed E-state index contributed by atoms with van der Waals surface area (Å²) in [5, 5.41) is 3.26. The second kappa shape index (κ2) is 7.06. The lowest BCUT2D eigenvalue weighted by Gasteiger charge is -2.35. The second-order valence-corrected chi connectivity index (χ2v) is 6.74. The molecule has 1 aliphatic rings. The van der Waals surface area contributed by atoms with E-state index in [0.29, 0.717) is 11.4 Å². The van der Waals surface area contributed by atoms with Crippen LogP contribution in [0.25, 0.3) is 0 Å². The Hall–Kier alpha value is -1.99. The molecule has 2 aromatic rings. The summed E-state index contributed by atoms with van der Waals surface area (Å²) in [6, 6.07) is 3.48. The van der Waals surface area contributed by atoms with Gasteiger partial charge in [0.1, 0.15) is 5.82 Å². The maximum atomic E-state index is 11.5. The molecule has 1 aliphatic heterocycles. The molecule has 7 heteroatoms. The molecule has 122 valence electrons. The van der Waals surface area contributed by atoms with E-state index in [4.69, 9.17) is 5.73 Å². The van der Waals surface area contributed by atoms with Crippen LogP contribution in [0.3, 0.4) is 0 Å². The van der Waals surface area contributed by atoms with Crippen LogP contribution in [0, 0.1) is 6.92 Å². The Labute approximate surface area is 140 Å². The molecule has 0 spiro atoms. The SMILES string of the molecule is Cc1nc(CCN2CCN(c3ncccc3C(N)=O)CC2)cs1. The number of thiazole rings is 1. The van der Waals surface area contributed by atoms with Gasteiger partial charge in [0.15, 0.2) is 0 Å². The van der Waals surface area contributed by atoms with Gasteiger partial charge >= 0.3 is 0 Å². The van der Waals surface area contributed by atoms with Crippen molar-refractivity contribution >= 4 is 23.1 Å². The minimum atomic E-state index is -0.422. The molecule has 0 unspecified atom stereocenters.